The number of methoxy groups -OCH3 is 1. The van der Waals surface area contributed by atoms with E-state index < -0.39 is 6.04 Å². The van der Waals surface area contributed by atoms with Crippen molar-refractivity contribution < 1.29 is 9.53 Å². The van der Waals surface area contributed by atoms with Crippen molar-refractivity contribution in [2.45, 2.75) is 47.1 Å². The molecular weight excluding hydrogens is 390 g/mol. The molecule has 0 aliphatic heterocycles. The average molecular weight is 422 g/mol. The molecule has 6 heteroatoms. The van der Waals surface area contributed by atoms with Crippen LogP contribution < -0.4 is 10.3 Å². The van der Waals surface area contributed by atoms with Gasteiger partial charge in [0.05, 0.1) is 29.7 Å². The van der Waals surface area contributed by atoms with Gasteiger partial charge in [-0.15, -0.1) is 0 Å². The molecule has 0 fully saturated rings. The number of ether oxygens (including phenoxy) is 1. The van der Waals surface area contributed by atoms with Gasteiger partial charge in [0.1, 0.15) is 11.6 Å². The van der Waals surface area contributed by atoms with Crippen LogP contribution in [0, 0.1) is 12.3 Å². The Balaban J connectivity index is 2.26. The molecule has 0 spiro atoms. The van der Waals surface area contributed by atoms with Gasteiger partial charge in [0.2, 0.25) is 5.91 Å². The van der Waals surface area contributed by atoms with Crippen LogP contribution in [0.4, 0.5) is 0 Å². The smallest absolute Gasteiger partial charge is 0.266 e. The number of para-hydroxylation sites is 1. The van der Waals surface area contributed by atoms with E-state index >= 15 is 0 Å². The Hall–Kier alpha value is -3.15. The number of hydrogen-bond acceptors (Lipinski definition) is 4. The predicted octanol–water partition coefficient (Wildman–Crippen LogP) is 4.66. The largest absolute Gasteiger partial charge is 0.495 e. The van der Waals surface area contributed by atoms with Crippen molar-refractivity contribution in [3.8, 4) is 11.4 Å². The van der Waals surface area contributed by atoms with Crippen molar-refractivity contribution in [1.29, 1.82) is 0 Å². The normalized spacial score (nSPS) is 12.6. The molecule has 164 valence electrons. The van der Waals surface area contributed by atoms with E-state index in [1.165, 1.54) is 0 Å². The fourth-order valence-corrected chi connectivity index (χ4v) is 3.61. The molecule has 31 heavy (non-hydrogen) atoms. The summed E-state index contributed by atoms with van der Waals surface area (Å²) in [6.45, 7) is 9.96. The van der Waals surface area contributed by atoms with Crippen LogP contribution in [0.1, 0.15) is 51.5 Å². The fraction of sp³-hybridized carbons (Fsp3) is 0.400. The molecule has 0 bridgehead atoms. The maximum Gasteiger partial charge on any atom is 0.266 e. The lowest BCUT2D eigenvalue weighted by Crippen LogP contribution is -2.36. The van der Waals surface area contributed by atoms with Gasteiger partial charge in [-0.25, -0.2) is 4.98 Å². The van der Waals surface area contributed by atoms with E-state index in [2.05, 4.69) is 0 Å². The number of hydrogen-bond donors (Lipinski definition) is 0. The second kappa shape index (κ2) is 8.53. The molecule has 1 amide bonds. The predicted molar refractivity (Wildman–Crippen MR) is 124 cm³/mol. The lowest BCUT2D eigenvalue weighted by atomic mass is 9.91. The molecule has 0 N–H and O–H groups in total. The second-order valence-corrected chi connectivity index (χ2v) is 9.22. The summed E-state index contributed by atoms with van der Waals surface area (Å²) >= 11 is 0. The minimum atomic E-state index is -0.419. The van der Waals surface area contributed by atoms with Gasteiger partial charge in [-0.3, -0.25) is 14.2 Å². The van der Waals surface area contributed by atoms with Gasteiger partial charge in [0.25, 0.3) is 5.56 Å². The van der Waals surface area contributed by atoms with Gasteiger partial charge in [-0.05, 0) is 49.1 Å². The molecule has 1 atom stereocenters. The molecular formula is C25H31N3O3. The number of aromatic nitrogens is 2. The molecule has 0 aliphatic rings. The van der Waals surface area contributed by atoms with Crippen LogP contribution in [0.3, 0.4) is 0 Å². The van der Waals surface area contributed by atoms with Crippen LogP contribution in [0.5, 0.6) is 5.75 Å². The zero-order valence-electron chi connectivity index (χ0n) is 19.4. The number of rotatable bonds is 5. The summed E-state index contributed by atoms with van der Waals surface area (Å²) in [6, 6.07) is 12.5. The van der Waals surface area contributed by atoms with Crippen molar-refractivity contribution in [3.63, 3.8) is 0 Å². The molecule has 0 aliphatic carbocycles. The Morgan fingerprint density at radius 3 is 2.52 bits per heavy atom. The van der Waals surface area contributed by atoms with E-state index in [1.807, 2.05) is 71.0 Å². The second-order valence-electron chi connectivity index (χ2n) is 9.22. The van der Waals surface area contributed by atoms with Crippen LogP contribution in [-0.2, 0) is 4.79 Å². The Morgan fingerprint density at radius 1 is 1.19 bits per heavy atom. The number of amides is 1. The highest BCUT2D eigenvalue weighted by Crippen LogP contribution is 2.29. The first-order valence-electron chi connectivity index (χ1n) is 10.5. The van der Waals surface area contributed by atoms with Crippen LogP contribution in [-0.4, -0.2) is 34.5 Å². The van der Waals surface area contributed by atoms with Crippen LogP contribution in [0.2, 0.25) is 0 Å². The zero-order valence-corrected chi connectivity index (χ0v) is 19.4. The van der Waals surface area contributed by atoms with Gasteiger partial charge in [-0.2, -0.15) is 0 Å². The molecule has 2 aromatic carbocycles. The highest BCUT2D eigenvalue weighted by Gasteiger charge is 2.27. The highest BCUT2D eigenvalue weighted by atomic mass is 16.5. The number of carbonyl (C=O) groups is 1. The van der Waals surface area contributed by atoms with Crippen LogP contribution in [0.25, 0.3) is 16.6 Å². The molecule has 1 aromatic heterocycles. The summed E-state index contributed by atoms with van der Waals surface area (Å²) in [5.74, 6) is 1.07. The fourth-order valence-electron chi connectivity index (χ4n) is 3.61. The first kappa shape index (κ1) is 22.5. The Morgan fingerprint density at radius 2 is 1.87 bits per heavy atom. The van der Waals surface area contributed by atoms with Crippen molar-refractivity contribution in [2.24, 2.45) is 5.41 Å². The van der Waals surface area contributed by atoms with Crippen molar-refractivity contribution in [2.75, 3.05) is 14.2 Å². The Bertz CT molecular complexity index is 1170. The molecule has 0 saturated heterocycles. The summed E-state index contributed by atoms with van der Waals surface area (Å²) in [5.41, 5.74) is 1.89. The number of aryl methyl sites for hydroxylation is 1. The van der Waals surface area contributed by atoms with E-state index in [0.717, 1.165) is 5.56 Å². The van der Waals surface area contributed by atoms with E-state index in [4.69, 9.17) is 9.72 Å². The molecule has 6 nitrogen and oxygen atoms in total. The van der Waals surface area contributed by atoms with Gasteiger partial charge in [-0.1, -0.05) is 39.0 Å². The van der Waals surface area contributed by atoms with Gasteiger partial charge >= 0.3 is 0 Å². The van der Waals surface area contributed by atoms with E-state index in [0.29, 0.717) is 34.6 Å². The molecule has 1 heterocycles. The minimum absolute atomic E-state index is 0.00478. The maximum atomic E-state index is 13.6. The standard InChI is InChI=1S/C25H31N3O3/c1-16-12-13-21(31-7)20(14-16)28-23(17(2)27(6)22(29)15-25(3,4)5)26-19-11-9-8-10-18(19)24(28)30/h8-14,17H,15H2,1-7H3. The number of carbonyl (C=O) groups excluding carboxylic acids is 1. The maximum absolute atomic E-state index is 13.6. The Kier molecular flexibility index (Phi) is 6.20. The van der Waals surface area contributed by atoms with Crippen molar-refractivity contribution >= 4 is 16.8 Å². The topological polar surface area (TPSA) is 64.4 Å². The average Bonchev–Trinajstić information content (AvgIpc) is 2.71. The van der Waals surface area contributed by atoms with Crippen LogP contribution in [0.15, 0.2) is 47.3 Å². The van der Waals surface area contributed by atoms with Gasteiger partial charge < -0.3 is 9.64 Å². The van der Waals surface area contributed by atoms with E-state index in [-0.39, 0.29) is 16.9 Å². The SMILES string of the molecule is COc1ccc(C)cc1-n1c(C(C)N(C)C(=O)CC(C)(C)C)nc2ccccc2c1=O. The quantitative estimate of drug-likeness (QED) is 0.601. The van der Waals surface area contributed by atoms with E-state index in [9.17, 15) is 9.59 Å². The Labute approximate surface area is 183 Å². The first-order chi connectivity index (χ1) is 14.5. The molecule has 0 saturated carbocycles. The highest BCUT2D eigenvalue weighted by molar-refractivity contribution is 5.79. The zero-order chi connectivity index (χ0) is 22.9. The molecule has 3 rings (SSSR count). The summed E-state index contributed by atoms with van der Waals surface area (Å²) < 4.78 is 7.15. The lowest BCUT2D eigenvalue weighted by Gasteiger charge is -2.29. The van der Waals surface area contributed by atoms with Gasteiger partial charge in [0.15, 0.2) is 0 Å². The minimum Gasteiger partial charge on any atom is -0.495 e. The summed E-state index contributed by atoms with van der Waals surface area (Å²) in [5, 5.41) is 0.519. The van der Waals surface area contributed by atoms with E-state index in [1.54, 1.807) is 29.7 Å². The van der Waals surface area contributed by atoms with Crippen LogP contribution >= 0.6 is 0 Å². The van der Waals surface area contributed by atoms with Crippen molar-refractivity contribution in [3.05, 3.63) is 64.2 Å². The monoisotopic (exact) mass is 421 g/mol. The molecule has 0 radical (unpaired) electrons. The summed E-state index contributed by atoms with van der Waals surface area (Å²) in [6.07, 6.45) is 0.402. The molecule has 1 unspecified atom stereocenters. The molecule has 3 aromatic rings. The lowest BCUT2D eigenvalue weighted by molar-refractivity contribution is -0.133. The number of benzene rings is 2. The summed E-state index contributed by atoms with van der Waals surface area (Å²) in [4.78, 5) is 33.0. The van der Waals surface area contributed by atoms with Gasteiger partial charge in [0, 0.05) is 13.5 Å². The first-order valence-corrected chi connectivity index (χ1v) is 10.5. The third kappa shape index (κ3) is 4.63. The third-order valence-corrected chi connectivity index (χ3v) is 5.41. The number of nitrogens with zero attached hydrogens (tertiary/aromatic N) is 3. The summed E-state index contributed by atoms with van der Waals surface area (Å²) in [7, 11) is 3.34. The van der Waals surface area contributed by atoms with Crippen molar-refractivity contribution in [1.82, 2.24) is 14.5 Å². The third-order valence-electron chi connectivity index (χ3n) is 5.41. The number of fused-ring (bicyclic) bond motifs is 1.